The molecule has 1 amide bonds. The van der Waals surface area contributed by atoms with Crippen LogP contribution in [0.5, 0.6) is 0 Å². The van der Waals surface area contributed by atoms with Gasteiger partial charge in [0.2, 0.25) is 5.91 Å². The molecule has 6 nitrogen and oxygen atoms in total. The van der Waals surface area contributed by atoms with Gasteiger partial charge in [-0.05, 0) is 12.8 Å². The SMILES string of the molecule is O=C(O)[C@@H]1C[C@]2(C[C@@H]2C(=O)O)C(=O)N1. The monoisotopic (exact) mass is 199 g/mol. The Balaban J connectivity index is 2.15. The zero-order valence-electron chi connectivity index (χ0n) is 7.19. The summed E-state index contributed by atoms with van der Waals surface area (Å²) in [4.78, 5) is 32.5. The molecule has 0 radical (unpaired) electrons. The number of amides is 1. The van der Waals surface area contributed by atoms with E-state index in [0.717, 1.165) is 0 Å². The van der Waals surface area contributed by atoms with Crippen molar-refractivity contribution >= 4 is 17.8 Å². The van der Waals surface area contributed by atoms with Crippen LogP contribution in [0.2, 0.25) is 0 Å². The lowest BCUT2D eigenvalue weighted by Gasteiger charge is -2.01. The number of hydrogen-bond acceptors (Lipinski definition) is 3. The number of carboxylic acid groups (broad SMARTS) is 2. The maximum absolute atomic E-state index is 11.4. The average molecular weight is 199 g/mol. The Morgan fingerprint density at radius 3 is 2.29 bits per heavy atom. The van der Waals surface area contributed by atoms with E-state index in [1.54, 1.807) is 0 Å². The van der Waals surface area contributed by atoms with Crippen molar-refractivity contribution in [1.82, 2.24) is 5.32 Å². The molecule has 0 bridgehead atoms. The van der Waals surface area contributed by atoms with Crippen molar-refractivity contribution in [3.05, 3.63) is 0 Å². The number of carboxylic acids is 2. The van der Waals surface area contributed by atoms with Gasteiger partial charge in [0, 0.05) is 0 Å². The van der Waals surface area contributed by atoms with Gasteiger partial charge >= 0.3 is 11.9 Å². The van der Waals surface area contributed by atoms with Crippen LogP contribution in [0.3, 0.4) is 0 Å². The minimum absolute atomic E-state index is 0.0954. The van der Waals surface area contributed by atoms with E-state index >= 15 is 0 Å². The third kappa shape index (κ3) is 0.997. The van der Waals surface area contributed by atoms with Gasteiger partial charge in [-0.15, -0.1) is 0 Å². The fourth-order valence-electron chi connectivity index (χ4n) is 2.06. The maximum atomic E-state index is 11.4. The van der Waals surface area contributed by atoms with Crippen molar-refractivity contribution in [3.8, 4) is 0 Å². The lowest BCUT2D eigenvalue weighted by Crippen LogP contribution is -2.33. The van der Waals surface area contributed by atoms with Crippen LogP contribution >= 0.6 is 0 Å². The van der Waals surface area contributed by atoms with Crippen LogP contribution < -0.4 is 5.32 Å². The number of carbonyl (C=O) groups is 3. The number of hydrogen-bond donors (Lipinski definition) is 3. The van der Waals surface area contributed by atoms with Crippen LogP contribution in [-0.2, 0) is 14.4 Å². The zero-order valence-corrected chi connectivity index (χ0v) is 7.19. The Kier molecular flexibility index (Phi) is 1.58. The molecule has 0 unspecified atom stereocenters. The molecule has 0 aromatic carbocycles. The number of rotatable bonds is 2. The summed E-state index contributed by atoms with van der Waals surface area (Å²) in [6, 6.07) is -0.924. The van der Waals surface area contributed by atoms with Gasteiger partial charge in [-0.2, -0.15) is 0 Å². The van der Waals surface area contributed by atoms with Gasteiger partial charge in [0.05, 0.1) is 11.3 Å². The van der Waals surface area contributed by atoms with Gasteiger partial charge in [0.15, 0.2) is 0 Å². The molecule has 1 saturated carbocycles. The minimum atomic E-state index is -1.11. The average Bonchev–Trinajstić information content (AvgIpc) is 2.69. The molecule has 1 saturated heterocycles. The van der Waals surface area contributed by atoms with E-state index in [0.29, 0.717) is 0 Å². The van der Waals surface area contributed by atoms with E-state index in [4.69, 9.17) is 10.2 Å². The summed E-state index contributed by atoms with van der Waals surface area (Å²) in [5, 5.41) is 19.6. The van der Waals surface area contributed by atoms with Crippen LogP contribution in [0, 0.1) is 11.3 Å². The highest BCUT2D eigenvalue weighted by atomic mass is 16.4. The van der Waals surface area contributed by atoms with Gasteiger partial charge in [-0.1, -0.05) is 0 Å². The number of aliphatic carboxylic acids is 2. The second-order valence-electron chi connectivity index (χ2n) is 3.82. The van der Waals surface area contributed by atoms with E-state index in [1.807, 2.05) is 0 Å². The fraction of sp³-hybridized carbons (Fsp3) is 0.625. The maximum Gasteiger partial charge on any atom is 0.326 e. The number of nitrogens with one attached hydrogen (secondary N) is 1. The zero-order chi connectivity index (χ0) is 10.5. The molecule has 3 atom stereocenters. The van der Waals surface area contributed by atoms with Gasteiger partial charge in [-0.3, -0.25) is 9.59 Å². The van der Waals surface area contributed by atoms with Crippen LogP contribution in [0.4, 0.5) is 0 Å². The molecule has 2 fully saturated rings. The van der Waals surface area contributed by atoms with Crippen molar-refractivity contribution in [2.75, 3.05) is 0 Å². The predicted molar refractivity (Wildman–Crippen MR) is 42.4 cm³/mol. The Hall–Kier alpha value is -1.59. The van der Waals surface area contributed by atoms with E-state index in [2.05, 4.69) is 5.32 Å². The third-order valence-corrected chi connectivity index (χ3v) is 3.00. The Morgan fingerprint density at radius 2 is 1.93 bits per heavy atom. The largest absolute Gasteiger partial charge is 0.481 e. The summed E-state index contributed by atoms with van der Waals surface area (Å²) in [7, 11) is 0. The highest BCUT2D eigenvalue weighted by Crippen LogP contribution is 2.58. The lowest BCUT2D eigenvalue weighted by atomic mass is 9.99. The van der Waals surface area contributed by atoms with Crippen molar-refractivity contribution in [2.24, 2.45) is 11.3 Å². The Morgan fingerprint density at radius 1 is 1.29 bits per heavy atom. The molecule has 1 aliphatic heterocycles. The normalized spacial score (nSPS) is 39.6. The summed E-state index contributed by atoms with van der Waals surface area (Å²) in [6.07, 6.45) is 0.357. The summed E-state index contributed by atoms with van der Waals surface area (Å²) >= 11 is 0. The Bertz CT molecular complexity index is 327. The first kappa shape index (κ1) is 8.98. The van der Waals surface area contributed by atoms with Crippen molar-refractivity contribution in [2.45, 2.75) is 18.9 Å². The molecule has 1 aliphatic carbocycles. The highest BCUT2D eigenvalue weighted by Gasteiger charge is 2.68. The second-order valence-corrected chi connectivity index (χ2v) is 3.82. The predicted octanol–water partition coefficient (Wildman–Crippen LogP) is -0.950. The van der Waals surface area contributed by atoms with Crippen LogP contribution in [0.1, 0.15) is 12.8 Å². The molecule has 2 rings (SSSR count). The van der Waals surface area contributed by atoms with Gasteiger partial charge in [-0.25, -0.2) is 4.79 Å². The Labute approximate surface area is 78.9 Å². The van der Waals surface area contributed by atoms with E-state index < -0.39 is 35.2 Å². The van der Waals surface area contributed by atoms with Crippen LogP contribution in [-0.4, -0.2) is 34.1 Å². The molecule has 1 spiro atoms. The van der Waals surface area contributed by atoms with E-state index in [-0.39, 0.29) is 12.8 Å². The lowest BCUT2D eigenvalue weighted by molar-refractivity contribution is -0.141. The molecule has 3 N–H and O–H groups in total. The molecule has 6 heteroatoms. The van der Waals surface area contributed by atoms with Crippen LogP contribution in [0.15, 0.2) is 0 Å². The number of carbonyl (C=O) groups excluding carboxylic acids is 1. The molecule has 2 aliphatic rings. The van der Waals surface area contributed by atoms with Crippen LogP contribution in [0.25, 0.3) is 0 Å². The smallest absolute Gasteiger partial charge is 0.326 e. The van der Waals surface area contributed by atoms with Crippen molar-refractivity contribution in [3.63, 3.8) is 0 Å². The molecule has 0 aromatic heterocycles. The molecular formula is C8H9NO5. The van der Waals surface area contributed by atoms with E-state index in [9.17, 15) is 14.4 Å². The molecule has 1 heterocycles. The van der Waals surface area contributed by atoms with Crippen molar-refractivity contribution < 1.29 is 24.6 Å². The standard InChI is InChI=1S/C8H9NO5/c10-5(11)3-1-8(3)2-4(6(12)13)9-7(8)14/h3-4H,1-2H2,(H,9,14)(H,10,11)(H,12,13)/t3-,4+,8+/m1/s1. The van der Waals surface area contributed by atoms with Gasteiger partial charge in [0.1, 0.15) is 6.04 Å². The van der Waals surface area contributed by atoms with Gasteiger partial charge < -0.3 is 15.5 Å². The molecule has 0 aromatic rings. The quantitative estimate of drug-likeness (QED) is 0.532. The molecule has 76 valence electrons. The minimum Gasteiger partial charge on any atom is -0.481 e. The second kappa shape index (κ2) is 2.46. The fourth-order valence-corrected chi connectivity index (χ4v) is 2.06. The van der Waals surface area contributed by atoms with Gasteiger partial charge in [0.25, 0.3) is 0 Å². The topological polar surface area (TPSA) is 104 Å². The molecular weight excluding hydrogens is 190 g/mol. The van der Waals surface area contributed by atoms with E-state index in [1.165, 1.54) is 0 Å². The summed E-state index contributed by atoms with van der Waals surface area (Å²) in [5.41, 5.74) is -0.936. The first-order chi connectivity index (χ1) is 6.47. The first-order valence-corrected chi connectivity index (χ1v) is 4.24. The third-order valence-electron chi connectivity index (χ3n) is 3.00. The first-order valence-electron chi connectivity index (χ1n) is 4.24. The summed E-state index contributed by atoms with van der Waals surface area (Å²) in [5.74, 6) is -3.26. The van der Waals surface area contributed by atoms with Crippen molar-refractivity contribution in [1.29, 1.82) is 0 Å². The summed E-state index contributed by atoms with van der Waals surface area (Å²) < 4.78 is 0. The highest BCUT2D eigenvalue weighted by molar-refractivity contribution is 5.98. The summed E-state index contributed by atoms with van der Waals surface area (Å²) in [6.45, 7) is 0. The molecule has 14 heavy (non-hydrogen) atoms.